The van der Waals surface area contributed by atoms with Gasteiger partial charge in [-0.1, -0.05) is 17.7 Å². The fourth-order valence-corrected chi connectivity index (χ4v) is 3.43. The molecule has 114 valence electrons. The zero-order valence-electron chi connectivity index (χ0n) is 11.8. The van der Waals surface area contributed by atoms with E-state index in [2.05, 4.69) is 10.0 Å². The number of hydrogen-bond acceptors (Lipinski definition) is 4. The van der Waals surface area contributed by atoms with Crippen LogP contribution in [0.3, 0.4) is 0 Å². The third kappa shape index (κ3) is 4.07. The zero-order chi connectivity index (χ0) is 15.5. The highest BCUT2D eigenvalue weighted by molar-refractivity contribution is 7.89. The Labute approximate surface area is 129 Å². The number of benzene rings is 1. The van der Waals surface area contributed by atoms with Gasteiger partial charge in [0.05, 0.1) is 11.6 Å². The monoisotopic (exact) mass is 328 g/mol. The fourth-order valence-electron chi connectivity index (χ4n) is 1.89. The van der Waals surface area contributed by atoms with Crippen LogP contribution in [0.5, 0.6) is 0 Å². The van der Waals surface area contributed by atoms with Crippen LogP contribution < -0.4 is 10.0 Å². The van der Waals surface area contributed by atoms with E-state index < -0.39 is 10.0 Å². The van der Waals surface area contributed by atoms with Crippen LogP contribution in [0.25, 0.3) is 0 Å². The van der Waals surface area contributed by atoms with E-state index in [4.69, 9.17) is 16.0 Å². The van der Waals surface area contributed by atoms with Gasteiger partial charge in [-0.2, -0.15) is 0 Å². The Morgan fingerprint density at radius 2 is 1.95 bits per heavy atom. The van der Waals surface area contributed by atoms with Crippen molar-refractivity contribution in [2.45, 2.75) is 24.9 Å². The third-order valence-electron chi connectivity index (χ3n) is 2.90. The summed E-state index contributed by atoms with van der Waals surface area (Å²) in [7, 11) is -1.90. The van der Waals surface area contributed by atoms with Crippen molar-refractivity contribution in [1.29, 1.82) is 0 Å². The van der Waals surface area contributed by atoms with Gasteiger partial charge in [-0.25, -0.2) is 13.1 Å². The van der Waals surface area contributed by atoms with E-state index in [1.807, 2.05) is 0 Å². The number of halogens is 1. The van der Waals surface area contributed by atoms with E-state index in [1.54, 1.807) is 44.3 Å². The molecule has 5 nitrogen and oxygen atoms in total. The molecule has 1 aromatic heterocycles. The molecular formula is C14H17ClN2O3S. The lowest BCUT2D eigenvalue weighted by molar-refractivity contribution is 0.475. The van der Waals surface area contributed by atoms with Gasteiger partial charge in [-0.3, -0.25) is 0 Å². The van der Waals surface area contributed by atoms with Crippen molar-refractivity contribution in [3.63, 3.8) is 0 Å². The molecular weight excluding hydrogens is 312 g/mol. The zero-order valence-corrected chi connectivity index (χ0v) is 13.4. The van der Waals surface area contributed by atoms with Gasteiger partial charge in [0, 0.05) is 6.54 Å². The summed E-state index contributed by atoms with van der Waals surface area (Å²) in [5.41, 5.74) is 0.844. The van der Waals surface area contributed by atoms with Gasteiger partial charge in [0.2, 0.25) is 10.0 Å². The number of rotatable bonds is 6. The Bertz CT molecular complexity index is 726. The smallest absolute Gasteiger partial charge is 0.242 e. The maximum atomic E-state index is 12.3. The van der Waals surface area contributed by atoms with Crippen LogP contribution in [0.1, 0.15) is 17.1 Å². The van der Waals surface area contributed by atoms with Gasteiger partial charge in [-0.05, 0) is 43.8 Å². The lowest BCUT2D eigenvalue weighted by atomic mass is 10.2. The number of furan rings is 1. The van der Waals surface area contributed by atoms with E-state index in [-0.39, 0.29) is 16.5 Å². The predicted molar refractivity (Wildman–Crippen MR) is 81.7 cm³/mol. The molecule has 0 atom stereocenters. The largest absolute Gasteiger partial charge is 0.465 e. The van der Waals surface area contributed by atoms with E-state index in [1.165, 1.54) is 0 Å². The number of aryl methyl sites for hydroxylation is 1. The first-order valence-electron chi connectivity index (χ1n) is 6.40. The van der Waals surface area contributed by atoms with Crippen LogP contribution in [0.2, 0.25) is 5.02 Å². The molecule has 0 aliphatic carbocycles. The maximum absolute atomic E-state index is 12.3. The molecule has 0 aliphatic heterocycles. The van der Waals surface area contributed by atoms with Crippen LogP contribution in [0.4, 0.5) is 0 Å². The maximum Gasteiger partial charge on any atom is 0.242 e. The highest BCUT2D eigenvalue weighted by Gasteiger charge is 2.18. The topological polar surface area (TPSA) is 71.3 Å². The summed E-state index contributed by atoms with van der Waals surface area (Å²) in [6.07, 6.45) is 0. The SMILES string of the molecule is CNCc1ccc(Cl)c(S(=O)(=O)NCc2ccc(C)o2)c1. The second-order valence-corrected chi connectivity index (χ2v) is 6.77. The number of sulfonamides is 1. The van der Waals surface area contributed by atoms with E-state index in [0.717, 1.165) is 11.3 Å². The van der Waals surface area contributed by atoms with Crippen LogP contribution in [-0.4, -0.2) is 15.5 Å². The van der Waals surface area contributed by atoms with E-state index in [0.29, 0.717) is 12.3 Å². The molecule has 7 heteroatoms. The molecule has 0 amide bonds. The van der Waals surface area contributed by atoms with Crippen LogP contribution in [-0.2, 0) is 23.1 Å². The molecule has 0 saturated carbocycles. The number of hydrogen-bond donors (Lipinski definition) is 2. The average molecular weight is 329 g/mol. The van der Waals surface area contributed by atoms with Crippen molar-refractivity contribution in [3.8, 4) is 0 Å². The molecule has 21 heavy (non-hydrogen) atoms. The van der Waals surface area contributed by atoms with Gasteiger partial charge in [0.25, 0.3) is 0 Å². The fraction of sp³-hybridized carbons (Fsp3) is 0.286. The van der Waals surface area contributed by atoms with Gasteiger partial charge in [-0.15, -0.1) is 0 Å². The molecule has 0 fully saturated rings. The standard InChI is InChI=1S/C14H17ClN2O3S/c1-10-3-5-12(20-10)9-17-21(18,19)14-7-11(8-16-2)4-6-13(14)15/h3-7,16-17H,8-9H2,1-2H3. The first-order valence-corrected chi connectivity index (χ1v) is 8.26. The number of nitrogens with one attached hydrogen (secondary N) is 2. The Morgan fingerprint density at radius 1 is 1.19 bits per heavy atom. The van der Waals surface area contributed by atoms with Gasteiger partial charge in [0.1, 0.15) is 16.4 Å². The first kappa shape index (κ1) is 16.0. The van der Waals surface area contributed by atoms with Crippen molar-refractivity contribution in [2.24, 2.45) is 0 Å². The Hall–Kier alpha value is -1.34. The minimum atomic E-state index is -3.69. The Morgan fingerprint density at radius 3 is 2.57 bits per heavy atom. The van der Waals surface area contributed by atoms with E-state index >= 15 is 0 Å². The average Bonchev–Trinajstić information content (AvgIpc) is 2.85. The summed E-state index contributed by atoms with van der Waals surface area (Å²) in [5, 5.41) is 3.16. The minimum Gasteiger partial charge on any atom is -0.465 e. The molecule has 2 rings (SSSR count). The van der Waals surface area contributed by atoms with Crippen molar-refractivity contribution in [3.05, 3.63) is 52.4 Å². The third-order valence-corrected chi connectivity index (χ3v) is 4.78. The second-order valence-electron chi connectivity index (χ2n) is 4.63. The minimum absolute atomic E-state index is 0.0696. The lowest BCUT2D eigenvalue weighted by Gasteiger charge is -2.09. The summed E-state index contributed by atoms with van der Waals surface area (Å²) in [6, 6.07) is 8.45. The summed E-state index contributed by atoms with van der Waals surface area (Å²) < 4.78 is 32.5. The quantitative estimate of drug-likeness (QED) is 0.854. The molecule has 0 bridgehead atoms. The normalized spacial score (nSPS) is 11.8. The summed E-state index contributed by atoms with van der Waals surface area (Å²) in [6.45, 7) is 2.45. The van der Waals surface area contributed by atoms with Gasteiger partial charge in [0.15, 0.2) is 0 Å². The van der Waals surface area contributed by atoms with Crippen molar-refractivity contribution in [1.82, 2.24) is 10.0 Å². The summed E-state index contributed by atoms with van der Waals surface area (Å²) in [4.78, 5) is 0.0696. The van der Waals surface area contributed by atoms with Crippen LogP contribution in [0.15, 0.2) is 39.6 Å². The first-order chi connectivity index (χ1) is 9.92. The molecule has 1 aromatic carbocycles. The molecule has 0 spiro atoms. The molecule has 2 N–H and O–H groups in total. The van der Waals surface area contributed by atoms with Gasteiger partial charge >= 0.3 is 0 Å². The van der Waals surface area contributed by atoms with Crippen molar-refractivity contribution < 1.29 is 12.8 Å². The van der Waals surface area contributed by atoms with Gasteiger partial charge < -0.3 is 9.73 Å². The second kappa shape index (κ2) is 6.62. The summed E-state index contributed by atoms with van der Waals surface area (Å²) >= 11 is 6.00. The lowest BCUT2D eigenvalue weighted by Crippen LogP contribution is -2.23. The van der Waals surface area contributed by atoms with Crippen LogP contribution >= 0.6 is 11.6 Å². The highest BCUT2D eigenvalue weighted by atomic mass is 35.5. The molecule has 0 unspecified atom stereocenters. The Kier molecular flexibility index (Phi) is 5.05. The van der Waals surface area contributed by atoms with E-state index in [9.17, 15) is 8.42 Å². The molecule has 0 aliphatic rings. The molecule has 0 saturated heterocycles. The van der Waals surface area contributed by atoms with Crippen molar-refractivity contribution >= 4 is 21.6 Å². The molecule has 1 heterocycles. The molecule has 2 aromatic rings. The van der Waals surface area contributed by atoms with Crippen LogP contribution in [0, 0.1) is 6.92 Å². The van der Waals surface area contributed by atoms with Crippen molar-refractivity contribution in [2.75, 3.05) is 7.05 Å². The predicted octanol–water partition coefficient (Wildman–Crippen LogP) is 2.44. The molecule has 0 radical (unpaired) electrons. The Balaban J connectivity index is 2.20. The summed E-state index contributed by atoms with van der Waals surface area (Å²) in [5.74, 6) is 1.29. The highest BCUT2D eigenvalue weighted by Crippen LogP contribution is 2.23.